The predicted octanol–water partition coefficient (Wildman–Crippen LogP) is 2.76. The minimum Gasteiger partial charge on any atom is -0.383 e. The van der Waals surface area contributed by atoms with Crippen LogP contribution in [0.25, 0.3) is 5.69 Å². The Labute approximate surface area is 131 Å². The first-order chi connectivity index (χ1) is 10.6. The molecule has 22 heavy (non-hydrogen) atoms. The number of benzene rings is 1. The number of rotatable bonds is 3. The van der Waals surface area contributed by atoms with Crippen molar-refractivity contribution in [3.63, 3.8) is 0 Å². The average Bonchev–Trinajstić information content (AvgIpc) is 2.92. The summed E-state index contributed by atoms with van der Waals surface area (Å²) < 4.78 is 1.50. The molecule has 0 saturated carbocycles. The van der Waals surface area contributed by atoms with Crippen LogP contribution >= 0.6 is 11.6 Å². The molecule has 0 atom stereocenters. The Kier molecular flexibility index (Phi) is 3.76. The van der Waals surface area contributed by atoms with Crippen molar-refractivity contribution < 1.29 is 4.79 Å². The number of para-hydroxylation sites is 1. The molecule has 2 aromatic heterocycles. The highest BCUT2D eigenvalue weighted by Crippen LogP contribution is 2.18. The molecular formula is C15H12ClN5O. The maximum atomic E-state index is 12.2. The van der Waals surface area contributed by atoms with E-state index >= 15 is 0 Å². The Morgan fingerprint density at radius 2 is 1.91 bits per heavy atom. The maximum Gasteiger partial charge on any atom is 0.262 e. The van der Waals surface area contributed by atoms with Gasteiger partial charge in [-0.3, -0.25) is 4.79 Å². The van der Waals surface area contributed by atoms with Crippen molar-refractivity contribution >= 4 is 29.1 Å². The summed E-state index contributed by atoms with van der Waals surface area (Å²) in [6, 6.07) is 12.6. The molecule has 0 aliphatic carbocycles. The van der Waals surface area contributed by atoms with Gasteiger partial charge < -0.3 is 11.1 Å². The van der Waals surface area contributed by atoms with Crippen LogP contribution in [-0.4, -0.2) is 20.7 Å². The van der Waals surface area contributed by atoms with Crippen LogP contribution in [0.4, 0.5) is 11.6 Å². The largest absolute Gasteiger partial charge is 0.383 e. The summed E-state index contributed by atoms with van der Waals surface area (Å²) in [7, 11) is 0. The number of nitrogens with one attached hydrogen (secondary N) is 1. The Morgan fingerprint density at radius 3 is 2.59 bits per heavy atom. The fraction of sp³-hybridized carbons (Fsp3) is 0. The highest BCUT2D eigenvalue weighted by molar-refractivity contribution is 6.30. The highest BCUT2D eigenvalue weighted by Gasteiger charge is 2.16. The zero-order chi connectivity index (χ0) is 15.5. The summed E-state index contributed by atoms with van der Waals surface area (Å²) >= 11 is 5.75. The second-order valence-corrected chi connectivity index (χ2v) is 4.94. The maximum absolute atomic E-state index is 12.2. The average molecular weight is 314 g/mol. The Hall–Kier alpha value is -2.86. The minimum absolute atomic E-state index is 0.262. The van der Waals surface area contributed by atoms with Crippen molar-refractivity contribution in [1.82, 2.24) is 14.8 Å². The van der Waals surface area contributed by atoms with Crippen molar-refractivity contribution in [3.05, 3.63) is 65.4 Å². The zero-order valence-electron chi connectivity index (χ0n) is 11.4. The van der Waals surface area contributed by atoms with Crippen LogP contribution in [0.1, 0.15) is 10.4 Å². The van der Waals surface area contributed by atoms with E-state index in [1.165, 1.54) is 17.1 Å². The quantitative estimate of drug-likeness (QED) is 0.778. The number of nitrogens with two attached hydrogens (primary N) is 1. The number of nitrogens with zero attached hydrogens (tertiary/aromatic N) is 3. The number of aromatic nitrogens is 3. The third-order valence-corrected chi connectivity index (χ3v) is 3.24. The number of carbonyl (C=O) groups excluding carboxylic acids is 1. The molecule has 0 radical (unpaired) electrons. The van der Waals surface area contributed by atoms with Crippen molar-refractivity contribution in [2.45, 2.75) is 0 Å². The summed E-state index contributed by atoms with van der Waals surface area (Å²) in [6.45, 7) is 0. The first kappa shape index (κ1) is 14.1. The molecule has 0 aliphatic rings. The lowest BCUT2D eigenvalue weighted by molar-refractivity contribution is 0.102. The van der Waals surface area contributed by atoms with Gasteiger partial charge in [-0.2, -0.15) is 5.10 Å². The molecule has 7 heteroatoms. The minimum atomic E-state index is -0.380. The van der Waals surface area contributed by atoms with Gasteiger partial charge in [0.15, 0.2) is 0 Å². The molecule has 6 nitrogen and oxygen atoms in total. The van der Waals surface area contributed by atoms with E-state index in [4.69, 9.17) is 17.3 Å². The summed E-state index contributed by atoms with van der Waals surface area (Å²) in [5.41, 5.74) is 7.07. The second-order valence-electron chi connectivity index (χ2n) is 4.51. The molecule has 0 spiro atoms. The Morgan fingerprint density at radius 1 is 1.14 bits per heavy atom. The predicted molar refractivity (Wildman–Crippen MR) is 85.2 cm³/mol. The van der Waals surface area contributed by atoms with Gasteiger partial charge in [0, 0.05) is 6.20 Å². The fourth-order valence-corrected chi connectivity index (χ4v) is 2.05. The van der Waals surface area contributed by atoms with Crippen LogP contribution in [-0.2, 0) is 0 Å². The van der Waals surface area contributed by atoms with E-state index in [9.17, 15) is 4.79 Å². The molecule has 110 valence electrons. The lowest BCUT2D eigenvalue weighted by Gasteiger charge is -2.06. The standard InChI is InChI=1S/C15H12ClN5O/c16-10-6-7-13(18-8-10)20-15(22)12-9-19-21(14(12)17)11-4-2-1-3-5-11/h1-9H,17H2,(H,18,20,22). The zero-order valence-corrected chi connectivity index (χ0v) is 12.2. The summed E-state index contributed by atoms with van der Waals surface area (Å²) in [5.74, 6) is 0.272. The smallest absolute Gasteiger partial charge is 0.262 e. The lowest BCUT2D eigenvalue weighted by Crippen LogP contribution is -2.14. The molecule has 3 N–H and O–H groups in total. The highest BCUT2D eigenvalue weighted by atomic mass is 35.5. The number of hydrogen-bond donors (Lipinski definition) is 2. The first-order valence-corrected chi connectivity index (χ1v) is 6.85. The molecule has 3 aromatic rings. The summed E-state index contributed by atoms with van der Waals surface area (Å²) in [5, 5.41) is 7.30. The molecule has 0 unspecified atom stereocenters. The van der Waals surface area contributed by atoms with Gasteiger partial charge >= 0.3 is 0 Å². The number of anilines is 2. The monoisotopic (exact) mass is 313 g/mol. The van der Waals surface area contributed by atoms with Crippen LogP contribution in [0.2, 0.25) is 5.02 Å². The number of pyridine rings is 1. The van der Waals surface area contributed by atoms with Gasteiger partial charge in [-0.15, -0.1) is 0 Å². The van der Waals surface area contributed by atoms with E-state index in [-0.39, 0.29) is 17.3 Å². The van der Waals surface area contributed by atoms with Gasteiger partial charge in [0.2, 0.25) is 0 Å². The number of amides is 1. The van der Waals surface area contributed by atoms with E-state index in [2.05, 4.69) is 15.4 Å². The van der Waals surface area contributed by atoms with E-state index in [1.54, 1.807) is 12.1 Å². The third kappa shape index (κ3) is 2.77. The number of nitrogen functional groups attached to an aromatic ring is 1. The molecule has 0 fully saturated rings. The van der Waals surface area contributed by atoms with Crippen molar-refractivity contribution in [1.29, 1.82) is 0 Å². The first-order valence-electron chi connectivity index (χ1n) is 6.47. The Balaban J connectivity index is 1.85. The molecule has 0 saturated heterocycles. The van der Waals surface area contributed by atoms with Crippen LogP contribution in [0, 0.1) is 0 Å². The van der Waals surface area contributed by atoms with Crippen molar-refractivity contribution in [2.24, 2.45) is 0 Å². The lowest BCUT2D eigenvalue weighted by atomic mass is 10.3. The van der Waals surface area contributed by atoms with Gasteiger partial charge in [-0.25, -0.2) is 9.67 Å². The molecule has 2 heterocycles. The number of carbonyl (C=O) groups is 1. The second kappa shape index (κ2) is 5.87. The van der Waals surface area contributed by atoms with Gasteiger partial charge in [0.05, 0.1) is 16.9 Å². The molecule has 1 aromatic carbocycles. The van der Waals surface area contributed by atoms with Gasteiger partial charge in [-0.05, 0) is 24.3 Å². The Bertz CT molecular complexity index is 799. The van der Waals surface area contributed by atoms with Gasteiger partial charge in [0.25, 0.3) is 5.91 Å². The normalized spacial score (nSPS) is 10.4. The topological polar surface area (TPSA) is 85.8 Å². The molecule has 3 rings (SSSR count). The van der Waals surface area contributed by atoms with Crippen LogP contribution in [0.15, 0.2) is 54.9 Å². The van der Waals surface area contributed by atoms with Crippen LogP contribution < -0.4 is 11.1 Å². The molecule has 0 aliphatic heterocycles. The van der Waals surface area contributed by atoms with Gasteiger partial charge in [-0.1, -0.05) is 29.8 Å². The molecule has 0 bridgehead atoms. The van der Waals surface area contributed by atoms with E-state index in [0.29, 0.717) is 10.8 Å². The number of hydrogen-bond acceptors (Lipinski definition) is 4. The van der Waals surface area contributed by atoms with E-state index < -0.39 is 0 Å². The SMILES string of the molecule is Nc1c(C(=O)Nc2ccc(Cl)cn2)cnn1-c1ccccc1. The molecular weight excluding hydrogens is 302 g/mol. The summed E-state index contributed by atoms with van der Waals surface area (Å²) in [4.78, 5) is 16.3. The van der Waals surface area contributed by atoms with Crippen LogP contribution in [0.3, 0.4) is 0 Å². The van der Waals surface area contributed by atoms with Crippen molar-refractivity contribution in [3.8, 4) is 5.69 Å². The van der Waals surface area contributed by atoms with E-state index in [1.807, 2.05) is 30.3 Å². The number of halogens is 1. The fourth-order valence-electron chi connectivity index (χ4n) is 1.94. The molecule has 1 amide bonds. The van der Waals surface area contributed by atoms with Crippen molar-refractivity contribution in [2.75, 3.05) is 11.1 Å². The summed E-state index contributed by atoms with van der Waals surface area (Å²) in [6.07, 6.45) is 2.88. The van der Waals surface area contributed by atoms with E-state index in [0.717, 1.165) is 5.69 Å². The van der Waals surface area contributed by atoms with Gasteiger partial charge in [0.1, 0.15) is 17.2 Å². The third-order valence-electron chi connectivity index (χ3n) is 3.02. The van der Waals surface area contributed by atoms with Crippen LogP contribution in [0.5, 0.6) is 0 Å².